The Kier molecular flexibility index (Phi) is 6.85. The Morgan fingerprint density at radius 2 is 2.06 bits per heavy atom. The molecule has 0 atom stereocenters. The number of unbranched alkanes of at least 4 members (excludes halogenated alkanes) is 1. The van der Waals surface area contributed by atoms with Gasteiger partial charge in [0.15, 0.2) is 5.13 Å². The van der Waals surface area contributed by atoms with Crippen molar-refractivity contribution in [1.82, 2.24) is 14.8 Å². The second-order valence-electron chi connectivity index (χ2n) is 7.88. The average Bonchev–Trinajstić information content (AvgIpc) is 3.44. The van der Waals surface area contributed by atoms with Crippen molar-refractivity contribution in [3.8, 4) is 5.75 Å². The van der Waals surface area contributed by atoms with Gasteiger partial charge >= 0.3 is 0 Å². The SMILES string of the molecule is CCCCOc1cccc(C(=O)N(CCn2cccn2)c2nc3c(C)cc(C)cc3s2)c1. The standard InChI is InChI=1S/C25H28N4O2S/c1-4-5-14-31-21-9-6-8-20(17-21)24(30)29(13-12-28-11-7-10-26-28)25-27-23-19(3)15-18(2)16-22(23)32-25/h6-11,15-17H,4-5,12-14H2,1-3H3. The number of benzene rings is 2. The summed E-state index contributed by atoms with van der Waals surface area (Å²) in [4.78, 5) is 20.2. The summed E-state index contributed by atoms with van der Waals surface area (Å²) in [5, 5.41) is 4.98. The molecule has 1 amide bonds. The van der Waals surface area contributed by atoms with E-state index in [1.807, 2.05) is 41.2 Å². The van der Waals surface area contributed by atoms with Gasteiger partial charge in [-0.2, -0.15) is 5.10 Å². The van der Waals surface area contributed by atoms with E-state index in [9.17, 15) is 4.79 Å². The minimum atomic E-state index is -0.0912. The van der Waals surface area contributed by atoms with Gasteiger partial charge in [0.05, 0.1) is 23.4 Å². The average molecular weight is 449 g/mol. The van der Waals surface area contributed by atoms with Crippen LogP contribution in [0.1, 0.15) is 41.3 Å². The third-order valence-electron chi connectivity index (χ3n) is 5.25. The maximum atomic E-state index is 13.6. The highest BCUT2D eigenvalue weighted by Gasteiger charge is 2.22. The fourth-order valence-corrected chi connectivity index (χ4v) is 4.77. The number of anilines is 1. The molecule has 32 heavy (non-hydrogen) atoms. The largest absolute Gasteiger partial charge is 0.494 e. The summed E-state index contributed by atoms with van der Waals surface area (Å²) in [5.41, 5.74) is 3.85. The molecule has 6 nitrogen and oxygen atoms in total. The highest BCUT2D eigenvalue weighted by molar-refractivity contribution is 7.22. The third-order valence-corrected chi connectivity index (χ3v) is 6.28. The lowest BCUT2D eigenvalue weighted by molar-refractivity contribution is 0.0985. The number of aryl methyl sites for hydroxylation is 2. The van der Waals surface area contributed by atoms with Crippen LogP contribution in [-0.4, -0.2) is 33.8 Å². The number of aromatic nitrogens is 3. The summed E-state index contributed by atoms with van der Waals surface area (Å²) < 4.78 is 8.74. The van der Waals surface area contributed by atoms with E-state index in [2.05, 4.69) is 38.0 Å². The molecule has 0 aliphatic heterocycles. The third kappa shape index (κ3) is 4.99. The van der Waals surface area contributed by atoms with Crippen molar-refractivity contribution in [2.24, 2.45) is 0 Å². The van der Waals surface area contributed by atoms with Crippen LogP contribution in [0.3, 0.4) is 0 Å². The molecule has 4 rings (SSSR count). The van der Waals surface area contributed by atoms with E-state index in [1.165, 1.54) is 5.56 Å². The number of amides is 1. The highest BCUT2D eigenvalue weighted by Crippen LogP contribution is 2.32. The zero-order valence-electron chi connectivity index (χ0n) is 18.7. The van der Waals surface area contributed by atoms with E-state index in [0.29, 0.717) is 36.1 Å². The minimum Gasteiger partial charge on any atom is -0.494 e. The molecule has 7 heteroatoms. The molecule has 0 bridgehead atoms. The van der Waals surface area contributed by atoms with Crippen molar-refractivity contribution in [2.75, 3.05) is 18.1 Å². The van der Waals surface area contributed by atoms with Crippen molar-refractivity contribution < 1.29 is 9.53 Å². The van der Waals surface area contributed by atoms with E-state index >= 15 is 0 Å². The smallest absolute Gasteiger partial charge is 0.260 e. The first-order valence-corrected chi connectivity index (χ1v) is 11.8. The number of carbonyl (C=O) groups is 1. The van der Waals surface area contributed by atoms with E-state index < -0.39 is 0 Å². The van der Waals surface area contributed by atoms with Gasteiger partial charge in [0, 0.05) is 24.5 Å². The van der Waals surface area contributed by atoms with Crippen LogP contribution in [-0.2, 0) is 6.54 Å². The Bertz CT molecular complexity index is 1200. The monoisotopic (exact) mass is 448 g/mol. The molecule has 0 radical (unpaired) electrons. The number of ether oxygens (including phenoxy) is 1. The summed E-state index contributed by atoms with van der Waals surface area (Å²) in [6.07, 6.45) is 5.69. The number of carbonyl (C=O) groups excluding carboxylic acids is 1. The Labute approximate surface area is 192 Å². The highest BCUT2D eigenvalue weighted by atomic mass is 32.1. The summed E-state index contributed by atoms with van der Waals surface area (Å²) in [6, 6.07) is 13.5. The maximum Gasteiger partial charge on any atom is 0.260 e. The molecule has 0 saturated heterocycles. The van der Waals surface area contributed by atoms with Crippen molar-refractivity contribution in [3.05, 3.63) is 71.5 Å². The Balaban J connectivity index is 1.65. The number of fused-ring (bicyclic) bond motifs is 1. The van der Waals surface area contributed by atoms with Gasteiger partial charge < -0.3 is 4.74 Å². The topological polar surface area (TPSA) is 60.2 Å². The number of nitrogens with zero attached hydrogens (tertiary/aromatic N) is 4. The predicted molar refractivity (Wildman–Crippen MR) is 130 cm³/mol. The minimum absolute atomic E-state index is 0.0912. The van der Waals surface area contributed by atoms with E-state index in [4.69, 9.17) is 9.72 Å². The predicted octanol–water partition coefficient (Wildman–Crippen LogP) is 5.64. The molecule has 0 unspecified atom stereocenters. The molecule has 0 fully saturated rings. The number of rotatable bonds is 9. The van der Waals surface area contributed by atoms with Crippen molar-refractivity contribution >= 4 is 32.6 Å². The van der Waals surface area contributed by atoms with Gasteiger partial charge in [-0.3, -0.25) is 14.4 Å². The van der Waals surface area contributed by atoms with Crippen LogP contribution in [0.5, 0.6) is 5.75 Å². The molecule has 0 spiro atoms. The van der Waals surface area contributed by atoms with Crippen LogP contribution in [0.2, 0.25) is 0 Å². The van der Waals surface area contributed by atoms with Gasteiger partial charge in [-0.25, -0.2) is 4.98 Å². The van der Waals surface area contributed by atoms with Gasteiger partial charge in [0.25, 0.3) is 5.91 Å². The van der Waals surface area contributed by atoms with Crippen molar-refractivity contribution in [1.29, 1.82) is 0 Å². The lowest BCUT2D eigenvalue weighted by Crippen LogP contribution is -2.34. The van der Waals surface area contributed by atoms with Crippen LogP contribution in [0.25, 0.3) is 10.2 Å². The van der Waals surface area contributed by atoms with Crippen LogP contribution >= 0.6 is 11.3 Å². The molecule has 4 aromatic rings. The molecular formula is C25H28N4O2S. The normalized spacial score (nSPS) is 11.1. The van der Waals surface area contributed by atoms with Crippen LogP contribution in [0.4, 0.5) is 5.13 Å². The Morgan fingerprint density at radius 1 is 1.19 bits per heavy atom. The molecule has 0 aliphatic carbocycles. The molecular weight excluding hydrogens is 420 g/mol. The molecule has 0 aliphatic rings. The lowest BCUT2D eigenvalue weighted by Gasteiger charge is -2.20. The molecule has 0 saturated carbocycles. The maximum absolute atomic E-state index is 13.6. The quantitative estimate of drug-likeness (QED) is 0.311. The zero-order valence-corrected chi connectivity index (χ0v) is 19.6. The second-order valence-corrected chi connectivity index (χ2v) is 8.89. The number of thiazole rings is 1. The Hall–Kier alpha value is -3.19. The van der Waals surface area contributed by atoms with Crippen LogP contribution < -0.4 is 9.64 Å². The number of hydrogen-bond donors (Lipinski definition) is 0. The molecule has 2 aromatic carbocycles. The van der Waals surface area contributed by atoms with Crippen LogP contribution in [0.15, 0.2) is 54.9 Å². The van der Waals surface area contributed by atoms with Gasteiger partial charge in [-0.15, -0.1) is 0 Å². The summed E-state index contributed by atoms with van der Waals surface area (Å²) >= 11 is 1.55. The van der Waals surface area contributed by atoms with Gasteiger partial charge in [0.1, 0.15) is 5.75 Å². The number of hydrogen-bond acceptors (Lipinski definition) is 5. The van der Waals surface area contributed by atoms with E-state index in [-0.39, 0.29) is 5.91 Å². The zero-order chi connectivity index (χ0) is 22.5. The lowest BCUT2D eigenvalue weighted by atomic mass is 10.1. The van der Waals surface area contributed by atoms with Gasteiger partial charge in [0.2, 0.25) is 0 Å². The van der Waals surface area contributed by atoms with Crippen molar-refractivity contribution in [2.45, 2.75) is 40.2 Å². The first kappa shape index (κ1) is 22.0. The Morgan fingerprint density at radius 3 is 2.84 bits per heavy atom. The summed E-state index contributed by atoms with van der Waals surface area (Å²) in [5.74, 6) is 0.624. The first-order chi connectivity index (χ1) is 15.5. The molecule has 2 heterocycles. The van der Waals surface area contributed by atoms with Crippen LogP contribution in [0, 0.1) is 13.8 Å². The fourth-order valence-electron chi connectivity index (χ4n) is 3.60. The summed E-state index contributed by atoms with van der Waals surface area (Å²) in [6.45, 7) is 7.97. The first-order valence-electron chi connectivity index (χ1n) is 10.9. The molecule has 2 aromatic heterocycles. The molecule has 0 N–H and O–H groups in total. The molecule has 166 valence electrons. The second kappa shape index (κ2) is 9.96. The van der Waals surface area contributed by atoms with E-state index in [1.54, 1.807) is 22.4 Å². The van der Waals surface area contributed by atoms with Crippen molar-refractivity contribution in [3.63, 3.8) is 0 Å². The van der Waals surface area contributed by atoms with Gasteiger partial charge in [-0.05, 0) is 61.7 Å². The fraction of sp³-hybridized carbons (Fsp3) is 0.320. The van der Waals surface area contributed by atoms with Gasteiger partial charge in [-0.1, -0.05) is 36.8 Å². The van der Waals surface area contributed by atoms with E-state index in [0.717, 1.165) is 28.6 Å². The summed E-state index contributed by atoms with van der Waals surface area (Å²) in [7, 11) is 0.